The van der Waals surface area contributed by atoms with Crippen LogP contribution in [0.2, 0.25) is 15.7 Å². The van der Waals surface area contributed by atoms with Crippen molar-refractivity contribution in [2.24, 2.45) is 0 Å². The molecule has 9 rings (SSSR count). The number of hydrogen-bond donors (Lipinski definition) is 3. The first-order chi connectivity index (χ1) is 33.8. The summed E-state index contributed by atoms with van der Waals surface area (Å²) in [6.45, 7) is 9.74. The molecule has 0 bridgehead atoms. The van der Waals surface area contributed by atoms with Crippen molar-refractivity contribution in [2.45, 2.75) is 40.8 Å². The molecule has 0 aliphatic carbocycles. The van der Waals surface area contributed by atoms with Crippen LogP contribution in [0.5, 0.6) is 0 Å². The number of fused-ring (bicyclic) bond motifs is 2. The zero-order chi connectivity index (χ0) is 52.3. The zero-order valence-corrected chi connectivity index (χ0v) is 48.3. The zero-order valence-electron chi connectivity index (χ0n) is 40.8. The molecule has 0 aliphatic heterocycles. The van der Waals surface area contributed by atoms with Gasteiger partial charge in [-0.1, -0.05) is 59.1 Å². The van der Waals surface area contributed by atoms with Crippen molar-refractivity contribution in [2.75, 3.05) is 17.2 Å². The summed E-state index contributed by atoms with van der Waals surface area (Å²) in [6, 6.07) is 25.2. The van der Waals surface area contributed by atoms with Gasteiger partial charge < -0.3 is 31.7 Å². The van der Waals surface area contributed by atoms with Crippen molar-refractivity contribution < 1.29 is 151 Å². The molecular formula is C46H41Cl3F6K2N12O4. The van der Waals surface area contributed by atoms with E-state index in [9.17, 15) is 26.3 Å². The van der Waals surface area contributed by atoms with E-state index in [0.717, 1.165) is 46.7 Å². The molecule has 0 spiro atoms. The van der Waals surface area contributed by atoms with Crippen LogP contribution in [-0.4, -0.2) is 66.9 Å². The number of aliphatic hydroxyl groups is 1. The summed E-state index contributed by atoms with van der Waals surface area (Å²) in [7, 11) is 0. The van der Waals surface area contributed by atoms with Crippen molar-refractivity contribution in [1.29, 1.82) is 0 Å². The number of benzene rings is 2. The molecule has 2 aromatic carbocycles. The first kappa shape index (κ1) is 64.9. The summed E-state index contributed by atoms with van der Waals surface area (Å²) in [5.41, 5.74) is 5.40. The van der Waals surface area contributed by atoms with E-state index in [1.807, 2.05) is 81.6 Å². The maximum Gasteiger partial charge on any atom is 1.00 e. The number of carbonyl (C=O) groups excluding carboxylic acids is 1. The topological polar surface area (TPSA) is 206 Å². The largest absolute Gasteiger partial charge is 1.00 e. The second-order valence-corrected chi connectivity index (χ2v) is 15.0. The van der Waals surface area contributed by atoms with Crippen LogP contribution in [0.1, 0.15) is 36.6 Å². The van der Waals surface area contributed by atoms with Crippen LogP contribution in [-0.2, 0) is 15.9 Å². The number of nitrogens with one attached hydrogen (secondary N) is 2. The number of aliphatic hydroxyl groups excluding tert-OH is 1. The average molecular weight is 1120 g/mol. The second-order valence-electron chi connectivity index (χ2n) is 13.9. The Balaban J connectivity index is 0.000000506. The standard InChI is InChI=1S/C19H13F4N5.C11H9ClFN3.C9H10N2.C4HCl2FN2.C2H6O.CH2O3.2K.H/c1-11-5-7-12(8-6-11)25-17-13(20)10-24-18(27-17)15-16(19(21,22)23)26-14-4-2-3-9-28(14)15;1-7-2-4-8(5-3-7)15-10-9(13)6-14-11(12)16-10;1-7-8(2)11-6-4-3-5-9(11)10-7;5-3-2(7)1-8-4(6)9-3;1-2-3;2-1-4-3;;;/h2-10H,1H3,(H,24,25,27);2-6H,1H3,(H,14,15,16);3-6H,1-2H3;1H;3H,2H2,1H3;1,3H;;;/q;;;;;;2*+1;-1/p-1. The maximum atomic E-state index is 14.2. The monoisotopic (exact) mass is 1120 g/mol. The molecule has 0 amide bonds. The molecule has 3 N–H and O–H groups in total. The van der Waals surface area contributed by atoms with Crippen molar-refractivity contribution in [3.05, 3.63) is 177 Å². The summed E-state index contributed by atoms with van der Waals surface area (Å²) in [5.74, 6) is -2.43. The molecule has 0 saturated heterocycles. The van der Waals surface area contributed by atoms with Gasteiger partial charge in [0.05, 0.1) is 24.3 Å². The number of anilines is 4. The smallest absolute Gasteiger partial charge is 1.00 e. The minimum absolute atomic E-state index is 0. The van der Waals surface area contributed by atoms with Gasteiger partial charge in [0.2, 0.25) is 10.6 Å². The van der Waals surface area contributed by atoms with E-state index < -0.39 is 29.3 Å². The molecule has 7 heterocycles. The van der Waals surface area contributed by atoms with Crippen molar-refractivity contribution >= 4 is 75.6 Å². The van der Waals surface area contributed by atoms with Crippen LogP contribution in [0.15, 0.2) is 116 Å². The second kappa shape index (κ2) is 32.3. The Morgan fingerprint density at radius 1 is 0.671 bits per heavy atom. The van der Waals surface area contributed by atoms with E-state index in [4.69, 9.17) is 50.0 Å². The molecule has 73 heavy (non-hydrogen) atoms. The number of aromatic nitrogens is 10. The summed E-state index contributed by atoms with van der Waals surface area (Å²) in [6.07, 6.45) is 1.52. The third-order valence-electron chi connectivity index (χ3n) is 8.81. The third kappa shape index (κ3) is 20.4. The maximum absolute atomic E-state index is 14.2. The van der Waals surface area contributed by atoms with Crippen molar-refractivity contribution in [3.8, 4) is 11.5 Å². The van der Waals surface area contributed by atoms with Crippen LogP contribution < -0.4 is 119 Å². The van der Waals surface area contributed by atoms with Gasteiger partial charge in [-0.25, -0.2) is 48.1 Å². The van der Waals surface area contributed by atoms with E-state index >= 15 is 0 Å². The van der Waals surface area contributed by atoms with Gasteiger partial charge >= 0.3 is 109 Å². The molecule has 0 radical (unpaired) electrons. The molecule has 0 unspecified atom stereocenters. The SMILES string of the molecule is CCO.Cc1ccc(Nc2nc(-c3c(C(F)(F)F)nc4ccccn34)ncc2F)cc1.Cc1ccc(Nc2nc(Cl)ncc2F)cc1.Cc1nc2ccccn2c1C.Fc1cnc(Cl)nc1Cl.O=CO[O-].[H-].[K+].[K+]. The number of carbonyl (C=O) groups is 1. The average Bonchev–Trinajstić information content (AvgIpc) is 3.89. The first-order valence-electron chi connectivity index (χ1n) is 20.3. The molecule has 0 saturated carbocycles. The Morgan fingerprint density at radius 2 is 1.11 bits per heavy atom. The van der Waals surface area contributed by atoms with Crippen LogP contribution in [0.4, 0.5) is 49.4 Å². The molecule has 0 aliphatic rings. The fourth-order valence-corrected chi connectivity index (χ4v) is 5.96. The predicted octanol–water partition coefficient (Wildman–Crippen LogP) is 4.75. The molecule has 27 heteroatoms. The summed E-state index contributed by atoms with van der Waals surface area (Å²) >= 11 is 16.0. The van der Waals surface area contributed by atoms with Crippen LogP contribution in [0.3, 0.4) is 0 Å². The Hall–Kier alpha value is -4.23. The van der Waals surface area contributed by atoms with Crippen LogP contribution >= 0.6 is 34.8 Å². The van der Waals surface area contributed by atoms with Gasteiger partial charge in [0.25, 0.3) is 6.47 Å². The van der Waals surface area contributed by atoms with Gasteiger partial charge in [0, 0.05) is 36.1 Å². The Bertz CT molecular complexity index is 3150. The number of hydrogen-bond acceptors (Lipinski definition) is 14. The third-order valence-corrected chi connectivity index (χ3v) is 9.44. The summed E-state index contributed by atoms with van der Waals surface area (Å²) in [4.78, 5) is 41.0. The van der Waals surface area contributed by atoms with Crippen LogP contribution in [0.25, 0.3) is 22.8 Å². The Kier molecular flexibility index (Phi) is 28.7. The fourth-order valence-electron chi connectivity index (χ4n) is 5.52. The quantitative estimate of drug-likeness (QED) is 0.0391. The Morgan fingerprint density at radius 3 is 1.56 bits per heavy atom. The van der Waals surface area contributed by atoms with E-state index in [1.54, 1.807) is 31.2 Å². The van der Waals surface area contributed by atoms with Gasteiger partial charge in [-0.2, -0.15) is 18.2 Å². The number of rotatable bonds is 6. The summed E-state index contributed by atoms with van der Waals surface area (Å²) < 4.78 is 83.5. The van der Waals surface area contributed by atoms with E-state index in [1.165, 1.54) is 22.4 Å². The number of nitrogens with zero attached hydrogens (tertiary/aromatic N) is 10. The molecule has 16 nitrogen and oxygen atoms in total. The molecular weight excluding hydrogens is 1080 g/mol. The van der Waals surface area contributed by atoms with Gasteiger partial charge in [-0.3, -0.25) is 9.20 Å². The van der Waals surface area contributed by atoms with Gasteiger partial charge in [0.1, 0.15) is 17.0 Å². The number of halogens is 9. The van der Waals surface area contributed by atoms with Crippen molar-refractivity contribution in [3.63, 3.8) is 0 Å². The fraction of sp³-hybridized carbons (Fsp3) is 0.152. The minimum atomic E-state index is -4.72. The number of aryl methyl sites for hydroxylation is 4. The molecule has 9 aromatic rings. The van der Waals surface area contributed by atoms with E-state index in [0.29, 0.717) is 5.69 Å². The minimum Gasteiger partial charge on any atom is -1.00 e. The van der Waals surface area contributed by atoms with Gasteiger partial charge in [-0.05, 0) is 106 Å². The molecule has 0 fully saturated rings. The number of pyridine rings is 2. The van der Waals surface area contributed by atoms with Gasteiger partial charge in [0.15, 0.2) is 45.8 Å². The molecule has 374 valence electrons. The number of alkyl halides is 3. The van der Waals surface area contributed by atoms with Crippen LogP contribution in [0, 0.1) is 45.1 Å². The van der Waals surface area contributed by atoms with E-state index in [-0.39, 0.29) is 162 Å². The molecule has 7 aromatic heterocycles. The first-order valence-corrected chi connectivity index (χ1v) is 21.4. The predicted molar refractivity (Wildman–Crippen MR) is 255 cm³/mol. The van der Waals surface area contributed by atoms with E-state index in [2.05, 4.69) is 66.7 Å². The molecule has 0 atom stereocenters. The summed E-state index contributed by atoms with van der Waals surface area (Å²) in [5, 5.41) is 21.3. The van der Waals surface area contributed by atoms with Gasteiger partial charge in [-0.15, -0.1) is 0 Å². The normalized spacial score (nSPS) is 10.1. The Labute approximate surface area is 515 Å². The number of imidazole rings is 2. The van der Waals surface area contributed by atoms with Crippen molar-refractivity contribution in [1.82, 2.24) is 48.7 Å².